The van der Waals surface area contributed by atoms with E-state index in [9.17, 15) is 4.79 Å². The normalized spacial score (nSPS) is 10.2. The molecule has 6 nitrogen and oxygen atoms in total. The lowest BCUT2D eigenvalue weighted by atomic mass is 10.2. The monoisotopic (exact) mass is 316 g/mol. The summed E-state index contributed by atoms with van der Waals surface area (Å²) in [5.74, 6) is 5.59. The lowest BCUT2D eigenvalue weighted by Gasteiger charge is -2.21. The zero-order chi connectivity index (χ0) is 13.5. The van der Waals surface area contributed by atoms with Gasteiger partial charge in [0.05, 0.1) is 12.2 Å². The van der Waals surface area contributed by atoms with Gasteiger partial charge in [0, 0.05) is 30.9 Å². The lowest BCUT2D eigenvalue weighted by Crippen LogP contribution is -2.34. The van der Waals surface area contributed by atoms with Gasteiger partial charge in [0.25, 0.3) is 5.91 Å². The molecule has 0 bridgehead atoms. The summed E-state index contributed by atoms with van der Waals surface area (Å²) in [5, 5.41) is 0. The minimum Gasteiger partial charge on any atom is -0.383 e. The molecular formula is C11H17BrN4O2. The van der Waals surface area contributed by atoms with Crippen molar-refractivity contribution in [1.29, 1.82) is 0 Å². The number of anilines is 1. The molecule has 7 heteroatoms. The second kappa shape index (κ2) is 7.30. The summed E-state index contributed by atoms with van der Waals surface area (Å²) in [7, 11) is 1.60. The molecule has 0 aliphatic carbocycles. The molecule has 0 radical (unpaired) electrons. The summed E-state index contributed by atoms with van der Waals surface area (Å²) >= 11 is 3.29. The molecule has 0 atom stereocenters. The van der Waals surface area contributed by atoms with Crippen LogP contribution in [0.2, 0.25) is 0 Å². The van der Waals surface area contributed by atoms with Crippen LogP contribution in [0.1, 0.15) is 17.3 Å². The number of likely N-dealkylation sites (N-methyl/N-ethyl adjacent to an activating group) is 1. The van der Waals surface area contributed by atoms with Crippen molar-refractivity contribution in [3.05, 3.63) is 22.3 Å². The van der Waals surface area contributed by atoms with E-state index in [2.05, 4.69) is 26.3 Å². The molecule has 0 aliphatic rings. The third kappa shape index (κ3) is 3.66. The Bertz CT molecular complexity index is 414. The van der Waals surface area contributed by atoms with Gasteiger partial charge in [0.1, 0.15) is 0 Å². The lowest BCUT2D eigenvalue weighted by molar-refractivity contribution is 0.0707. The molecule has 1 heterocycles. The van der Waals surface area contributed by atoms with Crippen LogP contribution in [0.5, 0.6) is 0 Å². The van der Waals surface area contributed by atoms with Crippen LogP contribution in [0.25, 0.3) is 0 Å². The first-order valence-electron chi connectivity index (χ1n) is 5.54. The number of pyridine rings is 1. The van der Waals surface area contributed by atoms with Crippen molar-refractivity contribution < 1.29 is 9.53 Å². The smallest absolute Gasteiger partial charge is 0.257 e. The number of carbonyl (C=O) groups is 1. The molecule has 0 unspecified atom stereocenters. The van der Waals surface area contributed by atoms with E-state index in [1.54, 1.807) is 24.3 Å². The molecule has 0 spiro atoms. The number of nitrogens with zero attached hydrogens (tertiary/aromatic N) is 2. The van der Waals surface area contributed by atoms with Gasteiger partial charge < -0.3 is 15.1 Å². The number of ether oxygens (including phenoxy) is 1. The summed E-state index contributed by atoms with van der Waals surface area (Å²) in [6, 6.07) is 1.69. The van der Waals surface area contributed by atoms with Gasteiger partial charge in [-0.25, -0.2) is 10.8 Å². The second-order valence-corrected chi connectivity index (χ2v) is 4.49. The highest BCUT2D eigenvalue weighted by Gasteiger charge is 2.18. The van der Waals surface area contributed by atoms with Gasteiger partial charge >= 0.3 is 0 Å². The van der Waals surface area contributed by atoms with Crippen molar-refractivity contribution in [2.75, 3.05) is 32.2 Å². The molecule has 18 heavy (non-hydrogen) atoms. The predicted molar refractivity (Wildman–Crippen MR) is 73.2 cm³/mol. The first-order valence-corrected chi connectivity index (χ1v) is 6.33. The molecule has 1 rings (SSSR count). The van der Waals surface area contributed by atoms with E-state index in [0.717, 1.165) is 4.47 Å². The quantitative estimate of drug-likeness (QED) is 0.609. The van der Waals surface area contributed by atoms with Crippen LogP contribution < -0.4 is 11.3 Å². The average Bonchev–Trinajstić information content (AvgIpc) is 2.39. The Kier molecular flexibility index (Phi) is 6.03. The van der Waals surface area contributed by atoms with Crippen molar-refractivity contribution in [3.8, 4) is 0 Å². The average molecular weight is 317 g/mol. The number of halogens is 1. The van der Waals surface area contributed by atoms with E-state index in [1.807, 2.05) is 6.92 Å². The van der Waals surface area contributed by atoms with Gasteiger partial charge in [-0.3, -0.25) is 4.79 Å². The number of methoxy groups -OCH3 is 1. The molecule has 0 saturated carbocycles. The van der Waals surface area contributed by atoms with Crippen LogP contribution in [0.3, 0.4) is 0 Å². The Balaban J connectivity index is 2.96. The first kappa shape index (κ1) is 14.9. The SMILES string of the molecule is CCN(CCOC)C(=O)c1cc(Br)cnc1NN. The fourth-order valence-electron chi connectivity index (χ4n) is 1.49. The first-order chi connectivity index (χ1) is 8.63. The molecule has 0 aliphatic heterocycles. The van der Waals surface area contributed by atoms with Gasteiger partial charge in [-0.2, -0.15) is 0 Å². The Morgan fingerprint density at radius 2 is 2.39 bits per heavy atom. The summed E-state index contributed by atoms with van der Waals surface area (Å²) in [5.41, 5.74) is 2.86. The molecule has 3 N–H and O–H groups in total. The highest BCUT2D eigenvalue weighted by Crippen LogP contribution is 2.19. The number of nitrogens with two attached hydrogens (primary N) is 1. The molecule has 0 saturated heterocycles. The fraction of sp³-hybridized carbons (Fsp3) is 0.455. The van der Waals surface area contributed by atoms with E-state index in [1.165, 1.54) is 0 Å². The minimum atomic E-state index is -0.128. The number of hydrogen-bond donors (Lipinski definition) is 2. The highest BCUT2D eigenvalue weighted by atomic mass is 79.9. The maximum Gasteiger partial charge on any atom is 0.257 e. The molecule has 1 amide bonds. The summed E-state index contributed by atoms with van der Waals surface area (Å²) in [4.78, 5) is 18.1. The number of rotatable bonds is 6. The van der Waals surface area contributed by atoms with Crippen molar-refractivity contribution in [2.24, 2.45) is 5.84 Å². The molecule has 1 aromatic rings. The second-order valence-electron chi connectivity index (χ2n) is 3.57. The number of hydrogen-bond acceptors (Lipinski definition) is 5. The number of nitrogen functional groups attached to an aromatic ring is 1. The number of nitrogens with one attached hydrogen (secondary N) is 1. The van der Waals surface area contributed by atoms with Gasteiger partial charge in [-0.15, -0.1) is 0 Å². The molecule has 0 aromatic carbocycles. The maximum absolute atomic E-state index is 12.3. The van der Waals surface area contributed by atoms with Crippen molar-refractivity contribution in [3.63, 3.8) is 0 Å². The maximum atomic E-state index is 12.3. The number of amides is 1. The standard InChI is InChI=1S/C11H17BrN4O2/c1-3-16(4-5-18-2)11(17)9-6-8(12)7-14-10(9)15-13/h6-7H,3-5,13H2,1-2H3,(H,14,15). The topological polar surface area (TPSA) is 80.5 Å². The van der Waals surface area contributed by atoms with E-state index in [-0.39, 0.29) is 5.91 Å². The zero-order valence-corrected chi connectivity index (χ0v) is 12.0. The zero-order valence-electron chi connectivity index (χ0n) is 10.4. The molecular weight excluding hydrogens is 300 g/mol. The largest absolute Gasteiger partial charge is 0.383 e. The third-order valence-corrected chi connectivity index (χ3v) is 2.89. The van der Waals surface area contributed by atoms with Crippen LogP contribution in [0.15, 0.2) is 16.7 Å². The molecule has 0 fully saturated rings. The van der Waals surface area contributed by atoms with Gasteiger partial charge in [-0.05, 0) is 28.9 Å². The minimum absolute atomic E-state index is 0.128. The van der Waals surface area contributed by atoms with E-state index < -0.39 is 0 Å². The van der Waals surface area contributed by atoms with Gasteiger partial charge in [0.2, 0.25) is 0 Å². The van der Waals surface area contributed by atoms with E-state index >= 15 is 0 Å². The van der Waals surface area contributed by atoms with Gasteiger partial charge in [0.15, 0.2) is 5.82 Å². The van der Waals surface area contributed by atoms with Crippen LogP contribution >= 0.6 is 15.9 Å². The Hall–Kier alpha value is -1.18. The van der Waals surface area contributed by atoms with Crippen LogP contribution in [-0.4, -0.2) is 42.6 Å². The van der Waals surface area contributed by atoms with Crippen LogP contribution in [-0.2, 0) is 4.74 Å². The van der Waals surface area contributed by atoms with Crippen LogP contribution in [0, 0.1) is 0 Å². The number of hydrazine groups is 1. The number of aromatic nitrogens is 1. The van der Waals surface area contributed by atoms with E-state index in [0.29, 0.717) is 31.1 Å². The third-order valence-electron chi connectivity index (χ3n) is 2.46. The van der Waals surface area contributed by atoms with Crippen molar-refractivity contribution in [2.45, 2.75) is 6.92 Å². The molecule has 100 valence electrons. The van der Waals surface area contributed by atoms with E-state index in [4.69, 9.17) is 10.6 Å². The summed E-state index contributed by atoms with van der Waals surface area (Å²) in [6.45, 7) is 3.53. The Labute approximate surface area is 115 Å². The van der Waals surface area contributed by atoms with Crippen LogP contribution in [0.4, 0.5) is 5.82 Å². The molecule has 1 aromatic heterocycles. The highest BCUT2D eigenvalue weighted by molar-refractivity contribution is 9.10. The fourth-order valence-corrected chi connectivity index (χ4v) is 1.82. The summed E-state index contributed by atoms with van der Waals surface area (Å²) in [6.07, 6.45) is 1.58. The number of carbonyl (C=O) groups excluding carboxylic acids is 1. The van der Waals surface area contributed by atoms with Crippen molar-refractivity contribution >= 4 is 27.7 Å². The van der Waals surface area contributed by atoms with Crippen molar-refractivity contribution in [1.82, 2.24) is 9.88 Å². The Morgan fingerprint density at radius 1 is 1.67 bits per heavy atom. The Morgan fingerprint density at radius 3 is 2.94 bits per heavy atom. The predicted octanol–water partition coefficient (Wildman–Crippen LogP) is 1.24. The van der Waals surface area contributed by atoms with Gasteiger partial charge in [-0.1, -0.05) is 0 Å². The summed E-state index contributed by atoms with van der Waals surface area (Å²) < 4.78 is 5.71.